The van der Waals surface area contributed by atoms with Crippen LogP contribution in [0.15, 0.2) is 48.0 Å². The molecule has 1 aliphatic rings. The Bertz CT molecular complexity index is 877. The van der Waals surface area contributed by atoms with Crippen LogP contribution in [0.1, 0.15) is 18.1 Å². The van der Waals surface area contributed by atoms with Crippen LogP contribution in [0.2, 0.25) is 5.02 Å². The van der Waals surface area contributed by atoms with Crippen molar-refractivity contribution in [1.82, 2.24) is 5.43 Å². The zero-order valence-electron chi connectivity index (χ0n) is 13.9. The van der Waals surface area contributed by atoms with E-state index in [4.69, 9.17) is 16.3 Å². The van der Waals surface area contributed by atoms with Crippen LogP contribution in [-0.4, -0.2) is 18.4 Å². The standard InChI is InChI=1S/C19H17ClN2O3/c1-3-25-17-7-5-4-6-13(17)10-15-18(23)21-22(19(15)24)14-9-8-12(2)16(20)11-14/h4-11H,3H2,1-2H3,(H,21,23)/b15-10+. The number of carbonyl (C=O) groups is 2. The van der Waals surface area contributed by atoms with Gasteiger partial charge in [-0.05, 0) is 43.7 Å². The third kappa shape index (κ3) is 3.37. The summed E-state index contributed by atoms with van der Waals surface area (Å²) in [6.45, 7) is 4.24. The second-order valence-corrected chi connectivity index (χ2v) is 5.95. The van der Waals surface area contributed by atoms with Crippen LogP contribution in [0, 0.1) is 6.92 Å². The minimum Gasteiger partial charge on any atom is -0.493 e. The smallest absolute Gasteiger partial charge is 0.282 e. The van der Waals surface area contributed by atoms with Crippen molar-refractivity contribution < 1.29 is 14.3 Å². The van der Waals surface area contributed by atoms with E-state index in [0.717, 1.165) is 5.56 Å². The van der Waals surface area contributed by atoms with Gasteiger partial charge >= 0.3 is 0 Å². The average Bonchev–Trinajstić information content (AvgIpc) is 2.87. The van der Waals surface area contributed by atoms with Crippen molar-refractivity contribution in [3.63, 3.8) is 0 Å². The lowest BCUT2D eigenvalue weighted by Crippen LogP contribution is -2.35. The summed E-state index contributed by atoms with van der Waals surface area (Å²) in [6.07, 6.45) is 1.54. The zero-order chi connectivity index (χ0) is 18.0. The van der Waals surface area contributed by atoms with Crippen LogP contribution < -0.4 is 15.2 Å². The first-order valence-electron chi connectivity index (χ1n) is 7.86. The van der Waals surface area contributed by atoms with Crippen molar-refractivity contribution in [2.75, 3.05) is 11.6 Å². The van der Waals surface area contributed by atoms with Crippen LogP contribution in [0.5, 0.6) is 5.75 Å². The zero-order valence-corrected chi connectivity index (χ0v) is 14.6. The fraction of sp³-hybridized carbons (Fsp3) is 0.158. The van der Waals surface area contributed by atoms with Gasteiger partial charge in [0.2, 0.25) is 0 Å². The molecule has 0 saturated carbocycles. The van der Waals surface area contributed by atoms with Gasteiger partial charge in [0, 0.05) is 10.6 Å². The molecule has 2 aromatic rings. The molecule has 5 nitrogen and oxygen atoms in total. The van der Waals surface area contributed by atoms with E-state index in [9.17, 15) is 9.59 Å². The van der Waals surface area contributed by atoms with Gasteiger partial charge in [0.1, 0.15) is 11.3 Å². The minimum absolute atomic E-state index is 0.0452. The molecule has 6 heteroatoms. The largest absolute Gasteiger partial charge is 0.493 e. The number of anilines is 1. The molecule has 1 saturated heterocycles. The van der Waals surface area contributed by atoms with E-state index in [1.165, 1.54) is 5.01 Å². The van der Waals surface area contributed by atoms with Gasteiger partial charge in [-0.3, -0.25) is 15.0 Å². The van der Waals surface area contributed by atoms with Gasteiger partial charge in [0.15, 0.2) is 0 Å². The summed E-state index contributed by atoms with van der Waals surface area (Å²) in [5.41, 5.74) is 4.69. The lowest BCUT2D eigenvalue weighted by molar-refractivity contribution is -0.117. The van der Waals surface area contributed by atoms with E-state index in [0.29, 0.717) is 28.6 Å². The molecule has 25 heavy (non-hydrogen) atoms. The van der Waals surface area contributed by atoms with Crippen LogP contribution in [0.4, 0.5) is 5.69 Å². The highest BCUT2D eigenvalue weighted by Gasteiger charge is 2.34. The number of carbonyl (C=O) groups excluding carboxylic acids is 2. The molecule has 1 fully saturated rings. The van der Waals surface area contributed by atoms with E-state index in [-0.39, 0.29) is 5.57 Å². The molecule has 0 unspecified atom stereocenters. The molecule has 0 radical (unpaired) electrons. The predicted octanol–water partition coefficient (Wildman–Crippen LogP) is 3.51. The van der Waals surface area contributed by atoms with E-state index in [1.54, 1.807) is 36.4 Å². The summed E-state index contributed by atoms with van der Waals surface area (Å²) in [7, 11) is 0. The van der Waals surface area contributed by atoms with Crippen molar-refractivity contribution in [3.05, 3.63) is 64.2 Å². The molecule has 0 atom stereocenters. The number of para-hydroxylation sites is 1. The van der Waals surface area contributed by atoms with Crippen LogP contribution in [0.25, 0.3) is 6.08 Å². The fourth-order valence-electron chi connectivity index (χ4n) is 2.50. The molecule has 1 N–H and O–H groups in total. The maximum Gasteiger partial charge on any atom is 0.282 e. The first kappa shape index (κ1) is 17.0. The second kappa shape index (κ2) is 6.99. The molecule has 0 spiro atoms. The first-order valence-corrected chi connectivity index (χ1v) is 8.24. The Labute approximate surface area is 150 Å². The van der Waals surface area contributed by atoms with Gasteiger partial charge in [-0.25, -0.2) is 5.01 Å². The van der Waals surface area contributed by atoms with Crippen LogP contribution >= 0.6 is 11.6 Å². The Morgan fingerprint density at radius 2 is 1.96 bits per heavy atom. The third-order valence-corrected chi connectivity index (χ3v) is 4.23. The minimum atomic E-state index is -0.465. The van der Waals surface area contributed by atoms with Crippen molar-refractivity contribution in [2.45, 2.75) is 13.8 Å². The number of hydrogen-bond acceptors (Lipinski definition) is 3. The van der Waals surface area contributed by atoms with Gasteiger partial charge in [-0.2, -0.15) is 0 Å². The van der Waals surface area contributed by atoms with Crippen molar-refractivity contribution in [2.24, 2.45) is 0 Å². The number of halogens is 1. The Balaban J connectivity index is 1.95. The summed E-state index contributed by atoms with van der Waals surface area (Å²) in [5.74, 6) is -0.279. The van der Waals surface area contributed by atoms with Crippen LogP contribution in [-0.2, 0) is 9.59 Å². The molecule has 0 bridgehead atoms. The van der Waals surface area contributed by atoms with Gasteiger partial charge in [0.25, 0.3) is 11.8 Å². The fourth-order valence-corrected chi connectivity index (χ4v) is 2.68. The monoisotopic (exact) mass is 356 g/mol. The highest BCUT2D eigenvalue weighted by atomic mass is 35.5. The third-order valence-electron chi connectivity index (χ3n) is 3.82. The maximum atomic E-state index is 12.7. The number of nitrogens with one attached hydrogen (secondary N) is 1. The first-order chi connectivity index (χ1) is 12.0. The molecule has 3 rings (SSSR count). The molecule has 2 amide bonds. The normalized spacial score (nSPS) is 15.6. The Kier molecular flexibility index (Phi) is 4.76. The average molecular weight is 357 g/mol. The highest BCUT2D eigenvalue weighted by Crippen LogP contribution is 2.27. The summed E-state index contributed by atoms with van der Waals surface area (Å²) in [6, 6.07) is 12.4. The van der Waals surface area contributed by atoms with Crippen molar-refractivity contribution >= 4 is 35.2 Å². The number of rotatable bonds is 4. The van der Waals surface area contributed by atoms with E-state index < -0.39 is 11.8 Å². The van der Waals surface area contributed by atoms with E-state index >= 15 is 0 Å². The summed E-state index contributed by atoms with van der Waals surface area (Å²) in [5, 5.41) is 1.72. The summed E-state index contributed by atoms with van der Waals surface area (Å²) < 4.78 is 5.54. The molecule has 0 aromatic heterocycles. The molecule has 1 heterocycles. The van der Waals surface area contributed by atoms with Crippen molar-refractivity contribution in [1.29, 1.82) is 0 Å². The number of nitrogens with zero attached hydrogens (tertiary/aromatic N) is 1. The lowest BCUT2D eigenvalue weighted by Gasteiger charge is -2.15. The Hall–Kier alpha value is -2.79. The molecule has 1 aliphatic heterocycles. The van der Waals surface area contributed by atoms with E-state index in [1.807, 2.05) is 26.0 Å². The molecule has 0 aliphatic carbocycles. The number of hydrazine groups is 1. The summed E-state index contributed by atoms with van der Waals surface area (Å²) >= 11 is 6.12. The topological polar surface area (TPSA) is 58.6 Å². The Morgan fingerprint density at radius 3 is 2.68 bits per heavy atom. The number of ether oxygens (including phenoxy) is 1. The van der Waals surface area contributed by atoms with Crippen molar-refractivity contribution in [3.8, 4) is 5.75 Å². The molecular weight excluding hydrogens is 340 g/mol. The van der Waals surface area contributed by atoms with Gasteiger partial charge in [0.05, 0.1) is 12.3 Å². The quantitative estimate of drug-likeness (QED) is 0.673. The predicted molar refractivity (Wildman–Crippen MR) is 97.4 cm³/mol. The summed E-state index contributed by atoms with van der Waals surface area (Å²) in [4.78, 5) is 25.0. The second-order valence-electron chi connectivity index (χ2n) is 5.54. The number of aryl methyl sites for hydroxylation is 1. The van der Waals surface area contributed by atoms with Gasteiger partial charge in [-0.1, -0.05) is 35.9 Å². The highest BCUT2D eigenvalue weighted by molar-refractivity contribution is 6.33. The van der Waals surface area contributed by atoms with Crippen LogP contribution in [0.3, 0.4) is 0 Å². The molecule has 2 aromatic carbocycles. The number of hydrogen-bond donors (Lipinski definition) is 1. The molecular formula is C19H17ClN2O3. The SMILES string of the molecule is CCOc1ccccc1/C=C1\C(=O)NN(c2ccc(C)c(Cl)c2)C1=O. The van der Waals surface area contributed by atoms with Gasteiger partial charge in [-0.15, -0.1) is 0 Å². The Morgan fingerprint density at radius 1 is 1.20 bits per heavy atom. The molecule has 128 valence electrons. The number of amides is 2. The number of benzene rings is 2. The van der Waals surface area contributed by atoms with E-state index in [2.05, 4.69) is 5.43 Å². The lowest BCUT2D eigenvalue weighted by atomic mass is 10.1. The maximum absolute atomic E-state index is 12.7. The van der Waals surface area contributed by atoms with Gasteiger partial charge < -0.3 is 4.74 Å².